The average molecular weight is 277 g/mol. The van der Waals surface area contributed by atoms with E-state index in [1.54, 1.807) is 11.8 Å². The highest BCUT2D eigenvalue weighted by Gasteiger charge is 2.28. The van der Waals surface area contributed by atoms with Crippen molar-refractivity contribution < 1.29 is 9.53 Å². The second-order valence-electron chi connectivity index (χ2n) is 4.50. The Hall–Kier alpha value is -1.26. The Morgan fingerprint density at radius 1 is 1.42 bits per heavy atom. The molecule has 0 fully saturated rings. The van der Waals surface area contributed by atoms with Crippen molar-refractivity contribution in [2.24, 2.45) is 0 Å². The molecule has 0 aromatic heterocycles. The standard InChI is InChI=1S/C15H19NO2S/c1-3-18-15(17)14-11-13(9-10-16(14)2)19-12-7-5-4-6-8-12/h4-9,14H,3,10-11H2,1-2H3. The number of hydrogen-bond donors (Lipinski definition) is 0. The molecular weight excluding hydrogens is 258 g/mol. The minimum Gasteiger partial charge on any atom is -0.465 e. The Balaban J connectivity index is 2.02. The summed E-state index contributed by atoms with van der Waals surface area (Å²) in [6.45, 7) is 3.07. The quantitative estimate of drug-likeness (QED) is 0.791. The number of benzene rings is 1. The predicted octanol–water partition coefficient (Wildman–Crippen LogP) is 2.93. The molecule has 0 radical (unpaired) electrons. The lowest BCUT2D eigenvalue weighted by molar-refractivity contribution is -0.148. The molecule has 0 saturated carbocycles. The van der Waals surface area contributed by atoms with Crippen LogP contribution in [0.4, 0.5) is 0 Å². The van der Waals surface area contributed by atoms with Gasteiger partial charge in [0.15, 0.2) is 0 Å². The molecule has 102 valence electrons. The topological polar surface area (TPSA) is 29.5 Å². The third-order valence-corrected chi connectivity index (χ3v) is 4.19. The number of ether oxygens (including phenoxy) is 1. The second kappa shape index (κ2) is 6.78. The maximum Gasteiger partial charge on any atom is 0.323 e. The van der Waals surface area contributed by atoms with Crippen molar-refractivity contribution in [1.29, 1.82) is 0 Å². The van der Waals surface area contributed by atoms with Gasteiger partial charge in [0.1, 0.15) is 6.04 Å². The number of thioether (sulfide) groups is 1. The van der Waals surface area contributed by atoms with E-state index in [0.717, 1.165) is 13.0 Å². The first-order valence-corrected chi connectivity index (χ1v) is 7.31. The molecule has 0 amide bonds. The number of esters is 1. The van der Waals surface area contributed by atoms with Crippen molar-refractivity contribution in [3.63, 3.8) is 0 Å². The number of rotatable bonds is 4. The second-order valence-corrected chi connectivity index (χ2v) is 5.70. The summed E-state index contributed by atoms with van der Waals surface area (Å²) in [5.41, 5.74) is 0. The van der Waals surface area contributed by atoms with Gasteiger partial charge in [0, 0.05) is 17.9 Å². The van der Waals surface area contributed by atoms with Crippen molar-refractivity contribution in [3.05, 3.63) is 41.3 Å². The molecular formula is C15H19NO2S. The molecule has 1 unspecified atom stereocenters. The van der Waals surface area contributed by atoms with E-state index in [0.29, 0.717) is 6.61 Å². The average Bonchev–Trinajstić information content (AvgIpc) is 2.42. The lowest BCUT2D eigenvalue weighted by atomic mass is 10.1. The monoisotopic (exact) mass is 277 g/mol. The maximum absolute atomic E-state index is 11.9. The van der Waals surface area contributed by atoms with Crippen LogP contribution in [0.15, 0.2) is 46.2 Å². The van der Waals surface area contributed by atoms with Gasteiger partial charge < -0.3 is 4.74 Å². The van der Waals surface area contributed by atoms with Crippen molar-refractivity contribution >= 4 is 17.7 Å². The predicted molar refractivity (Wildman–Crippen MR) is 78.1 cm³/mol. The molecule has 0 bridgehead atoms. The van der Waals surface area contributed by atoms with Gasteiger partial charge in [-0.3, -0.25) is 9.69 Å². The summed E-state index contributed by atoms with van der Waals surface area (Å²) in [6.07, 6.45) is 2.92. The molecule has 3 nitrogen and oxygen atoms in total. The van der Waals surface area contributed by atoms with Crippen LogP contribution in [0.5, 0.6) is 0 Å². The van der Waals surface area contributed by atoms with Gasteiger partial charge in [-0.15, -0.1) is 0 Å². The first kappa shape index (κ1) is 14.2. The van der Waals surface area contributed by atoms with Crippen LogP contribution in [0.2, 0.25) is 0 Å². The molecule has 1 atom stereocenters. The Kier molecular flexibility index (Phi) is 5.05. The van der Waals surface area contributed by atoms with E-state index in [1.165, 1.54) is 9.80 Å². The van der Waals surface area contributed by atoms with Crippen molar-refractivity contribution in [2.45, 2.75) is 24.3 Å². The Morgan fingerprint density at radius 3 is 2.84 bits per heavy atom. The Morgan fingerprint density at radius 2 is 2.16 bits per heavy atom. The van der Waals surface area contributed by atoms with Gasteiger partial charge in [-0.05, 0) is 31.0 Å². The fraction of sp³-hybridized carbons (Fsp3) is 0.400. The van der Waals surface area contributed by atoms with Crippen LogP contribution >= 0.6 is 11.8 Å². The summed E-state index contributed by atoms with van der Waals surface area (Å²) < 4.78 is 5.13. The Labute approximate surface area is 118 Å². The molecule has 1 aliphatic rings. The molecule has 4 heteroatoms. The summed E-state index contributed by atoms with van der Waals surface area (Å²) in [5, 5.41) is 0. The number of likely N-dealkylation sites (N-methyl/N-ethyl adjacent to an activating group) is 1. The third-order valence-electron chi connectivity index (χ3n) is 3.08. The molecule has 1 aromatic rings. The molecule has 0 saturated heterocycles. The van der Waals surface area contributed by atoms with Gasteiger partial charge in [-0.25, -0.2) is 0 Å². The summed E-state index contributed by atoms with van der Waals surface area (Å²) in [5.74, 6) is -0.121. The molecule has 1 heterocycles. The molecule has 1 aromatic carbocycles. The largest absolute Gasteiger partial charge is 0.465 e. The van der Waals surface area contributed by atoms with Gasteiger partial charge in [0.25, 0.3) is 0 Å². The van der Waals surface area contributed by atoms with Crippen molar-refractivity contribution in [2.75, 3.05) is 20.2 Å². The zero-order chi connectivity index (χ0) is 13.7. The van der Waals surface area contributed by atoms with E-state index in [9.17, 15) is 4.79 Å². The lowest BCUT2D eigenvalue weighted by Gasteiger charge is -2.30. The van der Waals surface area contributed by atoms with Gasteiger partial charge in [0.05, 0.1) is 6.61 Å². The summed E-state index contributed by atoms with van der Waals surface area (Å²) >= 11 is 1.73. The molecule has 0 spiro atoms. The molecule has 0 N–H and O–H groups in total. The van der Waals surface area contributed by atoms with Gasteiger partial charge in [0.2, 0.25) is 0 Å². The number of carbonyl (C=O) groups is 1. The van der Waals surface area contributed by atoms with Gasteiger partial charge in [-0.2, -0.15) is 0 Å². The number of nitrogens with zero attached hydrogens (tertiary/aromatic N) is 1. The minimum atomic E-state index is -0.156. The maximum atomic E-state index is 11.9. The highest BCUT2D eigenvalue weighted by atomic mass is 32.2. The first-order chi connectivity index (χ1) is 9.20. The zero-order valence-electron chi connectivity index (χ0n) is 11.3. The molecule has 0 aliphatic carbocycles. The highest BCUT2D eigenvalue weighted by molar-refractivity contribution is 8.03. The number of carbonyl (C=O) groups excluding carboxylic acids is 1. The van der Waals surface area contributed by atoms with E-state index >= 15 is 0 Å². The van der Waals surface area contributed by atoms with Crippen LogP contribution in [0.1, 0.15) is 13.3 Å². The SMILES string of the molecule is CCOC(=O)C1CC(Sc2ccccc2)=CCN1C. The van der Waals surface area contributed by atoms with Crippen molar-refractivity contribution in [3.8, 4) is 0 Å². The molecule has 19 heavy (non-hydrogen) atoms. The van der Waals surface area contributed by atoms with E-state index < -0.39 is 0 Å². The van der Waals surface area contributed by atoms with E-state index in [2.05, 4.69) is 18.2 Å². The van der Waals surface area contributed by atoms with E-state index in [-0.39, 0.29) is 12.0 Å². The zero-order valence-corrected chi connectivity index (χ0v) is 12.2. The fourth-order valence-electron chi connectivity index (χ4n) is 2.03. The van der Waals surface area contributed by atoms with Crippen LogP contribution in [0, 0.1) is 0 Å². The molecule has 1 aliphatic heterocycles. The van der Waals surface area contributed by atoms with E-state index in [1.807, 2.05) is 37.1 Å². The normalized spacial score (nSPS) is 19.9. The number of hydrogen-bond acceptors (Lipinski definition) is 4. The fourth-order valence-corrected chi connectivity index (χ4v) is 3.02. The van der Waals surface area contributed by atoms with E-state index in [4.69, 9.17) is 4.74 Å². The van der Waals surface area contributed by atoms with Gasteiger partial charge in [-0.1, -0.05) is 36.0 Å². The molecule has 2 rings (SSSR count). The third kappa shape index (κ3) is 3.85. The summed E-state index contributed by atoms with van der Waals surface area (Å²) in [6, 6.07) is 10.1. The first-order valence-electron chi connectivity index (χ1n) is 6.49. The van der Waals surface area contributed by atoms with Gasteiger partial charge >= 0.3 is 5.97 Å². The minimum absolute atomic E-state index is 0.121. The van der Waals surface area contributed by atoms with Crippen LogP contribution in [-0.2, 0) is 9.53 Å². The summed E-state index contributed by atoms with van der Waals surface area (Å²) in [4.78, 5) is 16.4. The van der Waals surface area contributed by atoms with Crippen LogP contribution in [0.3, 0.4) is 0 Å². The van der Waals surface area contributed by atoms with Crippen LogP contribution < -0.4 is 0 Å². The Bertz CT molecular complexity index is 458. The van der Waals surface area contributed by atoms with Crippen LogP contribution in [0.25, 0.3) is 0 Å². The smallest absolute Gasteiger partial charge is 0.323 e. The lowest BCUT2D eigenvalue weighted by Crippen LogP contribution is -2.42. The summed E-state index contributed by atoms with van der Waals surface area (Å²) in [7, 11) is 1.96. The highest BCUT2D eigenvalue weighted by Crippen LogP contribution is 2.32. The van der Waals surface area contributed by atoms with Crippen LogP contribution in [-0.4, -0.2) is 37.1 Å². The van der Waals surface area contributed by atoms with Crippen molar-refractivity contribution in [1.82, 2.24) is 4.90 Å².